The van der Waals surface area contributed by atoms with Gasteiger partial charge in [-0.3, -0.25) is 4.99 Å². The van der Waals surface area contributed by atoms with Crippen molar-refractivity contribution in [1.82, 2.24) is 20.1 Å². The molecule has 2 N–H and O–H groups in total. The average Bonchev–Trinajstić information content (AvgIpc) is 2.92. The van der Waals surface area contributed by atoms with Crippen molar-refractivity contribution >= 4 is 11.6 Å². The van der Waals surface area contributed by atoms with Crippen LogP contribution in [-0.4, -0.2) is 47.5 Å². The third-order valence-electron chi connectivity index (χ3n) is 5.29. The molecule has 8 heteroatoms. The maximum absolute atomic E-state index is 5.76. The van der Waals surface area contributed by atoms with Gasteiger partial charge in [0.25, 0.3) is 0 Å². The molecule has 29 heavy (non-hydrogen) atoms. The predicted molar refractivity (Wildman–Crippen MR) is 113 cm³/mol. The van der Waals surface area contributed by atoms with Crippen molar-refractivity contribution in [1.29, 1.82) is 0 Å². The minimum atomic E-state index is 0.676. The molecule has 0 amide bonds. The Balaban J connectivity index is 1.27. The first-order chi connectivity index (χ1) is 14.3. The molecule has 8 nitrogen and oxygen atoms in total. The molecule has 2 aliphatic rings. The summed E-state index contributed by atoms with van der Waals surface area (Å²) in [5, 5.41) is 15.5. The summed E-state index contributed by atoms with van der Waals surface area (Å²) in [7, 11) is 1.77. The van der Waals surface area contributed by atoms with Crippen LogP contribution in [-0.2, 0) is 19.4 Å². The number of hydrogen-bond acceptors (Lipinski definition) is 5. The molecule has 0 unspecified atom stereocenters. The highest BCUT2D eigenvalue weighted by Gasteiger charge is 2.14. The van der Waals surface area contributed by atoms with Crippen molar-refractivity contribution < 1.29 is 9.47 Å². The predicted octanol–water partition coefficient (Wildman–Crippen LogP) is 2.79. The standard InChI is InChI=1S/C21H30N6O2/c1-22-21(24-16-9-10-17-18(15-16)29-14-6-13-28-17)23-11-5-8-20-26-25-19-7-3-2-4-12-27(19)20/h9-10,15H,2-8,11-14H2,1H3,(H2,22,23,24). The second-order valence-corrected chi connectivity index (χ2v) is 7.43. The van der Waals surface area contributed by atoms with Crippen LogP contribution in [0.1, 0.15) is 43.8 Å². The Morgan fingerprint density at radius 2 is 2.00 bits per heavy atom. The quantitative estimate of drug-likeness (QED) is 0.458. The van der Waals surface area contributed by atoms with Gasteiger partial charge in [-0.2, -0.15) is 0 Å². The van der Waals surface area contributed by atoms with E-state index in [1.165, 1.54) is 19.3 Å². The highest BCUT2D eigenvalue weighted by atomic mass is 16.5. The minimum Gasteiger partial charge on any atom is -0.490 e. The van der Waals surface area contributed by atoms with Gasteiger partial charge in [0.05, 0.1) is 13.2 Å². The topological polar surface area (TPSA) is 85.6 Å². The summed E-state index contributed by atoms with van der Waals surface area (Å²) < 4.78 is 13.8. The van der Waals surface area contributed by atoms with Crippen LogP contribution in [0.15, 0.2) is 23.2 Å². The summed E-state index contributed by atoms with van der Waals surface area (Å²) in [6.45, 7) is 3.23. The Labute approximate surface area is 171 Å². The number of rotatable bonds is 5. The lowest BCUT2D eigenvalue weighted by Crippen LogP contribution is -2.31. The molecule has 156 valence electrons. The molecule has 1 aromatic carbocycles. The van der Waals surface area contributed by atoms with E-state index in [0.717, 1.165) is 73.6 Å². The van der Waals surface area contributed by atoms with Crippen LogP contribution in [0.2, 0.25) is 0 Å². The zero-order valence-corrected chi connectivity index (χ0v) is 17.1. The van der Waals surface area contributed by atoms with Gasteiger partial charge < -0.3 is 24.7 Å². The van der Waals surface area contributed by atoms with Gasteiger partial charge in [0.15, 0.2) is 17.5 Å². The zero-order valence-electron chi connectivity index (χ0n) is 17.1. The molecule has 4 rings (SSSR count). The minimum absolute atomic E-state index is 0.676. The summed E-state index contributed by atoms with van der Waals surface area (Å²) in [6, 6.07) is 5.87. The number of anilines is 1. The number of benzene rings is 1. The zero-order chi connectivity index (χ0) is 19.9. The van der Waals surface area contributed by atoms with E-state index in [4.69, 9.17) is 9.47 Å². The highest BCUT2D eigenvalue weighted by Crippen LogP contribution is 2.32. The first-order valence-corrected chi connectivity index (χ1v) is 10.6. The van der Waals surface area contributed by atoms with E-state index >= 15 is 0 Å². The van der Waals surface area contributed by atoms with Crippen LogP contribution >= 0.6 is 0 Å². The molecule has 0 aliphatic carbocycles. The lowest BCUT2D eigenvalue weighted by atomic mass is 10.2. The molecule has 0 atom stereocenters. The number of aryl methyl sites for hydroxylation is 2. The van der Waals surface area contributed by atoms with Crippen LogP contribution in [0.3, 0.4) is 0 Å². The fourth-order valence-corrected chi connectivity index (χ4v) is 3.74. The number of guanidine groups is 1. The molecule has 0 saturated carbocycles. The molecular formula is C21H30N6O2. The lowest BCUT2D eigenvalue weighted by Gasteiger charge is -2.14. The van der Waals surface area contributed by atoms with Crippen LogP contribution in [0.5, 0.6) is 11.5 Å². The normalized spacial score (nSPS) is 16.5. The van der Waals surface area contributed by atoms with Crippen LogP contribution < -0.4 is 20.1 Å². The summed E-state index contributed by atoms with van der Waals surface area (Å²) in [5.41, 5.74) is 0.921. The molecule has 0 radical (unpaired) electrons. The first-order valence-electron chi connectivity index (χ1n) is 10.6. The van der Waals surface area contributed by atoms with Crippen molar-refractivity contribution in [3.05, 3.63) is 29.8 Å². The van der Waals surface area contributed by atoms with Crippen molar-refractivity contribution in [2.24, 2.45) is 4.99 Å². The van der Waals surface area contributed by atoms with Gasteiger partial charge in [-0.05, 0) is 31.4 Å². The maximum Gasteiger partial charge on any atom is 0.195 e. The molecule has 2 aromatic rings. The van der Waals surface area contributed by atoms with Crippen molar-refractivity contribution in [2.45, 2.75) is 51.5 Å². The summed E-state index contributed by atoms with van der Waals surface area (Å²) in [6.07, 6.45) is 7.57. The van der Waals surface area contributed by atoms with E-state index < -0.39 is 0 Å². The molecule has 1 aromatic heterocycles. The van der Waals surface area contributed by atoms with Crippen molar-refractivity contribution in [3.8, 4) is 11.5 Å². The van der Waals surface area contributed by atoms with Gasteiger partial charge in [-0.25, -0.2) is 0 Å². The SMILES string of the molecule is CN=C(NCCCc1nnc2n1CCCCC2)Nc1ccc2c(c1)OCCCO2. The smallest absolute Gasteiger partial charge is 0.195 e. The number of aromatic nitrogens is 3. The van der Waals surface area contributed by atoms with E-state index in [0.29, 0.717) is 13.2 Å². The Hall–Kier alpha value is -2.77. The molecule has 2 aliphatic heterocycles. The van der Waals surface area contributed by atoms with Gasteiger partial charge in [-0.1, -0.05) is 6.42 Å². The van der Waals surface area contributed by atoms with Gasteiger partial charge in [0.2, 0.25) is 0 Å². The highest BCUT2D eigenvalue weighted by molar-refractivity contribution is 5.93. The number of nitrogens with one attached hydrogen (secondary N) is 2. The lowest BCUT2D eigenvalue weighted by molar-refractivity contribution is 0.297. The Kier molecular flexibility index (Phi) is 6.49. The van der Waals surface area contributed by atoms with Gasteiger partial charge in [0, 0.05) is 51.2 Å². The fraction of sp³-hybridized carbons (Fsp3) is 0.571. The van der Waals surface area contributed by atoms with Crippen LogP contribution in [0.4, 0.5) is 5.69 Å². The second kappa shape index (κ2) is 9.62. The van der Waals surface area contributed by atoms with Crippen LogP contribution in [0, 0.1) is 0 Å². The van der Waals surface area contributed by atoms with Gasteiger partial charge in [0.1, 0.15) is 11.6 Å². The Morgan fingerprint density at radius 1 is 1.10 bits per heavy atom. The third-order valence-corrected chi connectivity index (χ3v) is 5.29. The van der Waals surface area contributed by atoms with E-state index in [9.17, 15) is 0 Å². The van der Waals surface area contributed by atoms with E-state index in [1.54, 1.807) is 7.05 Å². The summed E-state index contributed by atoms with van der Waals surface area (Å²) in [5.74, 6) is 4.56. The van der Waals surface area contributed by atoms with E-state index in [-0.39, 0.29) is 0 Å². The molecule has 0 spiro atoms. The Bertz CT molecular complexity index is 848. The first kappa shape index (κ1) is 19.5. The number of aliphatic imine (C=N–C) groups is 1. The molecule has 0 saturated heterocycles. The largest absolute Gasteiger partial charge is 0.490 e. The number of nitrogens with zero attached hydrogens (tertiary/aromatic N) is 4. The Morgan fingerprint density at radius 3 is 2.90 bits per heavy atom. The number of hydrogen-bond donors (Lipinski definition) is 2. The molecule has 0 fully saturated rings. The summed E-state index contributed by atoms with van der Waals surface area (Å²) >= 11 is 0. The number of ether oxygens (including phenoxy) is 2. The maximum atomic E-state index is 5.76. The van der Waals surface area contributed by atoms with E-state index in [2.05, 4.69) is 30.4 Å². The van der Waals surface area contributed by atoms with Crippen molar-refractivity contribution in [2.75, 3.05) is 32.1 Å². The second-order valence-electron chi connectivity index (χ2n) is 7.43. The van der Waals surface area contributed by atoms with E-state index in [1.807, 2.05) is 18.2 Å². The van der Waals surface area contributed by atoms with Crippen LogP contribution in [0.25, 0.3) is 0 Å². The summed E-state index contributed by atoms with van der Waals surface area (Å²) in [4.78, 5) is 4.32. The molecule has 0 bridgehead atoms. The number of fused-ring (bicyclic) bond motifs is 2. The molecule has 3 heterocycles. The third kappa shape index (κ3) is 4.99. The van der Waals surface area contributed by atoms with Gasteiger partial charge >= 0.3 is 0 Å². The molecular weight excluding hydrogens is 368 g/mol. The fourth-order valence-electron chi connectivity index (χ4n) is 3.74. The van der Waals surface area contributed by atoms with Crippen molar-refractivity contribution in [3.63, 3.8) is 0 Å². The monoisotopic (exact) mass is 398 g/mol. The van der Waals surface area contributed by atoms with Gasteiger partial charge in [-0.15, -0.1) is 10.2 Å². The average molecular weight is 399 g/mol.